The molecule has 0 saturated carbocycles. The van der Waals surface area contributed by atoms with Crippen molar-refractivity contribution < 1.29 is 5.11 Å². The second-order valence-electron chi connectivity index (χ2n) is 4.03. The summed E-state index contributed by atoms with van der Waals surface area (Å²) in [4.78, 5) is 5.37. The van der Waals surface area contributed by atoms with Gasteiger partial charge in [0.05, 0.1) is 16.0 Å². The second kappa shape index (κ2) is 5.32. The molecule has 0 aliphatic carbocycles. The Morgan fingerprint density at radius 3 is 3.07 bits per heavy atom. The van der Waals surface area contributed by atoms with E-state index in [9.17, 15) is 5.11 Å². The Morgan fingerprint density at radius 1 is 1.60 bits per heavy atom. The van der Waals surface area contributed by atoms with Crippen LogP contribution in [-0.2, 0) is 6.42 Å². The van der Waals surface area contributed by atoms with Crippen molar-refractivity contribution in [2.24, 2.45) is 0 Å². The topological polar surface area (TPSA) is 33.1 Å². The molecule has 0 spiro atoms. The van der Waals surface area contributed by atoms with Gasteiger partial charge >= 0.3 is 0 Å². The van der Waals surface area contributed by atoms with Crippen molar-refractivity contribution in [3.63, 3.8) is 0 Å². The number of aliphatic hydroxyl groups is 1. The number of thioether (sulfide) groups is 1. The van der Waals surface area contributed by atoms with Gasteiger partial charge in [0.2, 0.25) is 0 Å². The molecule has 1 aliphatic heterocycles. The Bertz CT molecular complexity index is 305. The molecule has 2 atom stereocenters. The van der Waals surface area contributed by atoms with Crippen LogP contribution in [0.25, 0.3) is 0 Å². The predicted molar refractivity (Wildman–Crippen MR) is 66.5 cm³/mol. The van der Waals surface area contributed by atoms with Gasteiger partial charge in [0.1, 0.15) is 0 Å². The molecule has 1 aliphatic rings. The molecule has 2 heterocycles. The lowest BCUT2D eigenvalue weighted by Gasteiger charge is -2.19. The van der Waals surface area contributed by atoms with E-state index in [-0.39, 0.29) is 6.10 Å². The minimum Gasteiger partial charge on any atom is -0.388 e. The summed E-state index contributed by atoms with van der Waals surface area (Å²) in [5.41, 5.74) is 0. The Morgan fingerprint density at radius 2 is 2.47 bits per heavy atom. The van der Waals surface area contributed by atoms with Crippen LogP contribution in [0.15, 0.2) is 6.20 Å². The lowest BCUT2D eigenvalue weighted by atomic mass is 10.1. The van der Waals surface area contributed by atoms with E-state index in [0.29, 0.717) is 0 Å². The maximum atomic E-state index is 9.41. The molecular weight excluding hydrogens is 226 g/mol. The highest BCUT2D eigenvalue weighted by molar-refractivity contribution is 7.99. The number of thiazole rings is 1. The van der Waals surface area contributed by atoms with E-state index < -0.39 is 0 Å². The van der Waals surface area contributed by atoms with Gasteiger partial charge in [-0.25, -0.2) is 4.98 Å². The van der Waals surface area contributed by atoms with Gasteiger partial charge < -0.3 is 5.11 Å². The van der Waals surface area contributed by atoms with Gasteiger partial charge in [-0.3, -0.25) is 0 Å². The third kappa shape index (κ3) is 3.20. The number of hydrogen-bond acceptors (Lipinski definition) is 4. The first-order valence-electron chi connectivity index (χ1n) is 5.50. The van der Waals surface area contributed by atoms with E-state index in [1.54, 1.807) is 18.3 Å². The average molecular weight is 243 g/mol. The SMILES string of the molecule is CC(O)c1cnc(CC2CCCCS2)s1. The Labute approximate surface area is 99.1 Å². The van der Waals surface area contributed by atoms with Crippen molar-refractivity contribution in [3.05, 3.63) is 16.1 Å². The van der Waals surface area contributed by atoms with Gasteiger partial charge in [-0.15, -0.1) is 11.3 Å². The van der Waals surface area contributed by atoms with Crippen molar-refractivity contribution in [2.75, 3.05) is 5.75 Å². The average Bonchev–Trinajstić information content (AvgIpc) is 2.68. The van der Waals surface area contributed by atoms with Crippen LogP contribution in [0.5, 0.6) is 0 Å². The molecule has 15 heavy (non-hydrogen) atoms. The Hall–Kier alpha value is -0.0600. The number of hydrogen-bond donors (Lipinski definition) is 1. The van der Waals surface area contributed by atoms with E-state index in [1.807, 2.05) is 6.20 Å². The van der Waals surface area contributed by atoms with E-state index in [1.165, 1.54) is 30.0 Å². The maximum absolute atomic E-state index is 9.41. The van der Waals surface area contributed by atoms with Crippen LogP contribution in [0.4, 0.5) is 0 Å². The van der Waals surface area contributed by atoms with Gasteiger partial charge in [-0.1, -0.05) is 6.42 Å². The van der Waals surface area contributed by atoms with Gasteiger partial charge in [-0.2, -0.15) is 11.8 Å². The molecule has 84 valence electrons. The molecule has 2 rings (SSSR count). The fourth-order valence-corrected chi connectivity index (χ4v) is 4.13. The first-order chi connectivity index (χ1) is 7.25. The minimum atomic E-state index is -0.366. The van der Waals surface area contributed by atoms with Crippen LogP contribution in [-0.4, -0.2) is 21.1 Å². The summed E-state index contributed by atoms with van der Waals surface area (Å²) < 4.78 is 0. The quantitative estimate of drug-likeness (QED) is 0.886. The van der Waals surface area contributed by atoms with Crippen LogP contribution in [0.3, 0.4) is 0 Å². The van der Waals surface area contributed by atoms with Crippen molar-refractivity contribution in [1.82, 2.24) is 4.98 Å². The normalized spacial score (nSPS) is 24.0. The molecule has 1 fully saturated rings. The molecule has 4 heteroatoms. The van der Waals surface area contributed by atoms with E-state index in [4.69, 9.17) is 0 Å². The molecule has 1 saturated heterocycles. The first-order valence-corrected chi connectivity index (χ1v) is 7.36. The fraction of sp³-hybridized carbons (Fsp3) is 0.727. The monoisotopic (exact) mass is 243 g/mol. The first kappa shape index (κ1) is 11.4. The second-order valence-corrected chi connectivity index (χ2v) is 6.58. The van der Waals surface area contributed by atoms with Crippen LogP contribution in [0.2, 0.25) is 0 Å². The standard InChI is InChI=1S/C11H17NOS2/c1-8(13)10-7-12-11(15-10)6-9-4-2-3-5-14-9/h7-9,13H,2-6H2,1H3. The molecule has 0 bridgehead atoms. The maximum Gasteiger partial charge on any atom is 0.0939 e. The zero-order valence-corrected chi connectivity index (χ0v) is 10.6. The highest BCUT2D eigenvalue weighted by Gasteiger charge is 2.16. The Kier molecular flexibility index (Phi) is 4.05. The molecule has 0 amide bonds. The van der Waals surface area contributed by atoms with Crippen molar-refractivity contribution in [2.45, 2.75) is 44.0 Å². The Balaban J connectivity index is 1.91. The van der Waals surface area contributed by atoms with Crippen LogP contribution < -0.4 is 0 Å². The van der Waals surface area contributed by atoms with Crippen molar-refractivity contribution in [3.8, 4) is 0 Å². The van der Waals surface area contributed by atoms with Gasteiger partial charge in [0.25, 0.3) is 0 Å². The number of rotatable bonds is 3. The summed E-state index contributed by atoms with van der Waals surface area (Å²) in [6.45, 7) is 1.80. The van der Waals surface area contributed by atoms with E-state index in [0.717, 1.165) is 16.5 Å². The van der Waals surface area contributed by atoms with E-state index >= 15 is 0 Å². The predicted octanol–water partition coefficient (Wildman–Crippen LogP) is 3.02. The lowest BCUT2D eigenvalue weighted by Crippen LogP contribution is -2.12. The summed E-state index contributed by atoms with van der Waals surface area (Å²) in [5.74, 6) is 1.30. The van der Waals surface area contributed by atoms with Crippen molar-refractivity contribution in [1.29, 1.82) is 0 Å². The van der Waals surface area contributed by atoms with Crippen molar-refractivity contribution >= 4 is 23.1 Å². The summed E-state index contributed by atoms with van der Waals surface area (Å²) in [5, 5.41) is 11.3. The summed E-state index contributed by atoms with van der Waals surface area (Å²) in [7, 11) is 0. The highest BCUT2D eigenvalue weighted by atomic mass is 32.2. The smallest absolute Gasteiger partial charge is 0.0939 e. The molecule has 1 aromatic heterocycles. The van der Waals surface area contributed by atoms with E-state index in [2.05, 4.69) is 16.7 Å². The molecule has 1 N–H and O–H groups in total. The fourth-order valence-electron chi connectivity index (χ4n) is 1.78. The highest BCUT2D eigenvalue weighted by Crippen LogP contribution is 2.30. The third-order valence-electron chi connectivity index (χ3n) is 2.66. The molecule has 2 nitrogen and oxygen atoms in total. The molecular formula is C11H17NOS2. The van der Waals surface area contributed by atoms with Crippen LogP contribution in [0.1, 0.15) is 42.2 Å². The lowest BCUT2D eigenvalue weighted by molar-refractivity contribution is 0.203. The number of nitrogens with zero attached hydrogens (tertiary/aromatic N) is 1. The van der Waals surface area contributed by atoms with Crippen LogP contribution in [0, 0.1) is 0 Å². The minimum absolute atomic E-state index is 0.366. The largest absolute Gasteiger partial charge is 0.388 e. The van der Waals surface area contributed by atoms with Gasteiger partial charge in [0.15, 0.2) is 0 Å². The summed E-state index contributed by atoms with van der Waals surface area (Å²) >= 11 is 3.74. The summed E-state index contributed by atoms with van der Waals surface area (Å²) in [6.07, 6.45) is 6.61. The molecule has 0 radical (unpaired) electrons. The third-order valence-corrected chi connectivity index (χ3v) is 5.25. The summed E-state index contributed by atoms with van der Waals surface area (Å²) in [6, 6.07) is 0. The molecule has 2 unspecified atom stereocenters. The molecule has 0 aromatic carbocycles. The van der Waals surface area contributed by atoms with Crippen LogP contribution >= 0.6 is 23.1 Å². The van der Waals surface area contributed by atoms with Gasteiger partial charge in [0, 0.05) is 17.9 Å². The molecule has 1 aromatic rings. The number of aromatic nitrogens is 1. The number of aliphatic hydroxyl groups excluding tert-OH is 1. The van der Waals surface area contributed by atoms with Gasteiger partial charge in [-0.05, 0) is 25.5 Å². The zero-order valence-electron chi connectivity index (χ0n) is 8.98. The zero-order chi connectivity index (χ0) is 10.7.